The van der Waals surface area contributed by atoms with Crippen molar-refractivity contribution < 1.29 is 4.74 Å². The largest absolute Gasteiger partial charge is 0.496 e. The minimum absolute atomic E-state index is 0.809. The van der Waals surface area contributed by atoms with Crippen LogP contribution in [0, 0.1) is 0 Å². The Labute approximate surface area is 125 Å². The van der Waals surface area contributed by atoms with E-state index in [-0.39, 0.29) is 0 Å². The number of fused-ring (bicyclic) bond motifs is 1. The van der Waals surface area contributed by atoms with E-state index in [2.05, 4.69) is 25.9 Å². The molecule has 0 aliphatic carbocycles. The van der Waals surface area contributed by atoms with Gasteiger partial charge in [0.1, 0.15) is 5.75 Å². The molecule has 4 nitrogen and oxygen atoms in total. The highest BCUT2D eigenvalue weighted by Crippen LogP contribution is 2.31. The summed E-state index contributed by atoms with van der Waals surface area (Å²) in [6.07, 6.45) is 0. The summed E-state index contributed by atoms with van der Waals surface area (Å²) in [6, 6.07) is 13.9. The number of nitrogens with zero attached hydrogens (tertiary/aromatic N) is 2. The maximum atomic E-state index is 5.24. The summed E-state index contributed by atoms with van der Waals surface area (Å²) in [6.45, 7) is 0. The van der Waals surface area contributed by atoms with Crippen molar-refractivity contribution in [1.29, 1.82) is 0 Å². The highest BCUT2D eigenvalue weighted by Gasteiger charge is 2.11. The van der Waals surface area contributed by atoms with Crippen molar-refractivity contribution in [2.45, 2.75) is 0 Å². The van der Waals surface area contributed by atoms with E-state index in [1.54, 1.807) is 7.11 Å². The van der Waals surface area contributed by atoms with Gasteiger partial charge in [-0.15, -0.1) is 0 Å². The van der Waals surface area contributed by atoms with Crippen LogP contribution in [0.3, 0.4) is 0 Å². The molecule has 0 bridgehead atoms. The van der Waals surface area contributed by atoms with E-state index in [4.69, 9.17) is 4.74 Å². The van der Waals surface area contributed by atoms with Gasteiger partial charge in [-0.2, -0.15) is 0 Å². The molecule has 0 radical (unpaired) electrons. The molecule has 1 aromatic heterocycles. The second-order valence-electron chi connectivity index (χ2n) is 4.46. The Bertz CT molecular complexity index is 721. The summed E-state index contributed by atoms with van der Waals surface area (Å²) < 4.78 is 6.16. The molecule has 0 unspecified atom stereocenters. The lowest BCUT2D eigenvalue weighted by atomic mass is 10.3. The fourth-order valence-corrected chi connectivity index (χ4v) is 2.61. The lowest BCUT2D eigenvalue weighted by Gasteiger charge is -2.17. The lowest BCUT2D eigenvalue weighted by Crippen LogP contribution is -2.11. The average molecular weight is 332 g/mol. The zero-order chi connectivity index (χ0) is 14.1. The number of H-pyrrole nitrogens is 1. The smallest absolute Gasteiger partial charge is 0.208 e. The molecule has 102 valence electrons. The average Bonchev–Trinajstić information content (AvgIpc) is 2.90. The first kappa shape index (κ1) is 13.0. The van der Waals surface area contributed by atoms with E-state index in [9.17, 15) is 0 Å². The van der Waals surface area contributed by atoms with Gasteiger partial charge in [0.05, 0.1) is 22.6 Å². The van der Waals surface area contributed by atoms with Gasteiger partial charge in [0.2, 0.25) is 5.95 Å². The number of nitrogens with one attached hydrogen (secondary N) is 1. The quantitative estimate of drug-likeness (QED) is 0.785. The summed E-state index contributed by atoms with van der Waals surface area (Å²) in [4.78, 5) is 9.90. The van der Waals surface area contributed by atoms with Crippen LogP contribution in [0.5, 0.6) is 5.75 Å². The molecule has 3 aromatic rings. The first-order chi connectivity index (χ1) is 9.69. The van der Waals surface area contributed by atoms with Gasteiger partial charge in [-0.3, -0.25) is 0 Å². The van der Waals surface area contributed by atoms with Gasteiger partial charge in [0.15, 0.2) is 0 Å². The summed E-state index contributed by atoms with van der Waals surface area (Å²) in [5, 5.41) is 0. The van der Waals surface area contributed by atoms with Crippen molar-refractivity contribution in [1.82, 2.24) is 9.97 Å². The number of benzene rings is 2. The zero-order valence-electron chi connectivity index (χ0n) is 11.2. The van der Waals surface area contributed by atoms with Crippen LogP contribution in [0.15, 0.2) is 46.9 Å². The molecular weight excluding hydrogens is 318 g/mol. The molecule has 0 spiro atoms. The van der Waals surface area contributed by atoms with Crippen LogP contribution < -0.4 is 9.64 Å². The van der Waals surface area contributed by atoms with E-state index >= 15 is 0 Å². The predicted molar refractivity (Wildman–Crippen MR) is 84.9 cm³/mol. The molecule has 5 heteroatoms. The number of ether oxygens (including phenoxy) is 1. The molecule has 0 saturated carbocycles. The number of hydrogen-bond donors (Lipinski definition) is 1. The van der Waals surface area contributed by atoms with Crippen LogP contribution in [-0.4, -0.2) is 24.1 Å². The Morgan fingerprint density at radius 1 is 1.20 bits per heavy atom. The highest BCUT2D eigenvalue weighted by molar-refractivity contribution is 9.10. The van der Waals surface area contributed by atoms with E-state index in [0.717, 1.165) is 32.9 Å². The highest BCUT2D eigenvalue weighted by atomic mass is 79.9. The molecule has 0 amide bonds. The van der Waals surface area contributed by atoms with Gasteiger partial charge in [0, 0.05) is 12.7 Å². The molecule has 20 heavy (non-hydrogen) atoms. The molecule has 1 N–H and O–H groups in total. The number of rotatable bonds is 3. The minimum atomic E-state index is 0.809. The summed E-state index contributed by atoms with van der Waals surface area (Å²) in [5.74, 6) is 1.62. The Hall–Kier alpha value is -2.01. The summed E-state index contributed by atoms with van der Waals surface area (Å²) >= 11 is 3.50. The van der Waals surface area contributed by atoms with Crippen LogP contribution in [0.25, 0.3) is 11.0 Å². The van der Waals surface area contributed by atoms with Crippen molar-refractivity contribution in [3.05, 3.63) is 46.9 Å². The zero-order valence-corrected chi connectivity index (χ0v) is 12.8. The fourth-order valence-electron chi connectivity index (χ4n) is 2.08. The molecule has 0 saturated heterocycles. The molecule has 0 fully saturated rings. The van der Waals surface area contributed by atoms with Gasteiger partial charge in [-0.1, -0.05) is 12.1 Å². The number of aromatic amines is 1. The summed E-state index contributed by atoms with van der Waals surface area (Å²) in [7, 11) is 3.63. The Kier molecular flexibility index (Phi) is 3.36. The van der Waals surface area contributed by atoms with Crippen molar-refractivity contribution in [3.8, 4) is 5.75 Å². The van der Waals surface area contributed by atoms with Crippen molar-refractivity contribution in [2.75, 3.05) is 19.1 Å². The molecule has 1 heterocycles. The maximum absolute atomic E-state index is 5.24. The van der Waals surface area contributed by atoms with E-state index in [1.807, 2.05) is 54.4 Å². The van der Waals surface area contributed by atoms with Gasteiger partial charge in [-0.25, -0.2) is 4.98 Å². The van der Waals surface area contributed by atoms with Crippen LogP contribution in [0.2, 0.25) is 0 Å². The third-order valence-corrected chi connectivity index (χ3v) is 3.84. The lowest BCUT2D eigenvalue weighted by molar-refractivity contribution is 0.412. The SMILES string of the molecule is COc1ccc(N(C)c2nc3ccccc3[nH]2)cc1Br. The van der Waals surface area contributed by atoms with Crippen LogP contribution in [0.1, 0.15) is 0 Å². The number of halogens is 1. The predicted octanol–water partition coefficient (Wildman–Crippen LogP) is 4.10. The van der Waals surface area contributed by atoms with Crippen molar-refractivity contribution >= 4 is 38.6 Å². The van der Waals surface area contributed by atoms with E-state index < -0.39 is 0 Å². The Balaban J connectivity index is 1.99. The number of imidazole rings is 1. The van der Waals surface area contributed by atoms with Crippen LogP contribution >= 0.6 is 15.9 Å². The third-order valence-electron chi connectivity index (χ3n) is 3.22. The normalized spacial score (nSPS) is 10.8. The number of methoxy groups -OCH3 is 1. The van der Waals surface area contributed by atoms with Crippen LogP contribution in [0.4, 0.5) is 11.6 Å². The van der Waals surface area contributed by atoms with E-state index in [0.29, 0.717) is 0 Å². The number of hydrogen-bond acceptors (Lipinski definition) is 3. The minimum Gasteiger partial charge on any atom is -0.496 e. The first-order valence-electron chi connectivity index (χ1n) is 6.21. The van der Waals surface area contributed by atoms with Gasteiger partial charge in [-0.05, 0) is 46.3 Å². The standard InChI is InChI=1S/C15H14BrN3O/c1-19(10-7-8-14(20-2)11(16)9-10)15-17-12-5-3-4-6-13(12)18-15/h3-9H,1-2H3,(H,17,18). The molecule has 0 atom stereocenters. The monoisotopic (exact) mass is 331 g/mol. The molecule has 0 aliphatic heterocycles. The second kappa shape index (κ2) is 5.17. The number of aromatic nitrogens is 2. The van der Waals surface area contributed by atoms with Gasteiger partial charge in [0.25, 0.3) is 0 Å². The molecule has 0 aliphatic rings. The number of anilines is 2. The molecule has 3 rings (SSSR count). The fraction of sp³-hybridized carbons (Fsp3) is 0.133. The van der Waals surface area contributed by atoms with Gasteiger partial charge < -0.3 is 14.6 Å². The van der Waals surface area contributed by atoms with E-state index in [1.165, 1.54) is 0 Å². The van der Waals surface area contributed by atoms with Gasteiger partial charge >= 0.3 is 0 Å². The van der Waals surface area contributed by atoms with Crippen molar-refractivity contribution in [2.24, 2.45) is 0 Å². The molecule has 2 aromatic carbocycles. The topological polar surface area (TPSA) is 41.1 Å². The number of para-hydroxylation sites is 2. The third kappa shape index (κ3) is 2.25. The summed E-state index contributed by atoms with van der Waals surface area (Å²) in [5.41, 5.74) is 3.01. The molecular formula is C15H14BrN3O. The maximum Gasteiger partial charge on any atom is 0.208 e. The van der Waals surface area contributed by atoms with Crippen LogP contribution in [-0.2, 0) is 0 Å². The first-order valence-corrected chi connectivity index (χ1v) is 7.00. The Morgan fingerprint density at radius 2 is 2.00 bits per heavy atom. The second-order valence-corrected chi connectivity index (χ2v) is 5.31. The Morgan fingerprint density at radius 3 is 2.70 bits per heavy atom. The van der Waals surface area contributed by atoms with Crippen molar-refractivity contribution in [3.63, 3.8) is 0 Å².